The Morgan fingerprint density at radius 2 is 1.81 bits per heavy atom. The largest absolute Gasteiger partial charge is 0.396 e. The maximum atomic E-state index is 14.9. The number of hydroxylamine groups is 1. The first-order valence-electron chi connectivity index (χ1n) is 8.92. The molecule has 0 fully saturated rings. The summed E-state index contributed by atoms with van der Waals surface area (Å²) in [6.07, 6.45) is -0.238. The number of rotatable bonds is 10. The van der Waals surface area contributed by atoms with Crippen LogP contribution in [0.25, 0.3) is 0 Å². The summed E-state index contributed by atoms with van der Waals surface area (Å²) < 4.78 is 44.2. The van der Waals surface area contributed by atoms with Crippen LogP contribution < -0.4 is 16.1 Å². The Labute approximate surface area is 188 Å². The molecule has 31 heavy (non-hydrogen) atoms. The predicted molar refractivity (Wildman–Crippen MR) is 113 cm³/mol. The third-order valence-electron chi connectivity index (χ3n) is 3.89. The van der Waals surface area contributed by atoms with Crippen LogP contribution in [0.2, 0.25) is 0 Å². The molecule has 168 valence electrons. The maximum absolute atomic E-state index is 14.9. The van der Waals surface area contributed by atoms with Gasteiger partial charge in [0, 0.05) is 22.1 Å². The molecule has 2 aromatic rings. The quantitative estimate of drug-likeness (QED) is 0.175. The second-order valence-corrected chi connectivity index (χ2v) is 7.33. The summed E-state index contributed by atoms with van der Waals surface area (Å²) in [5.74, 6) is -5.19. The molecule has 2 aromatic carbocycles. The fraction of sp³-hybridized carbons (Fsp3) is 0.263. The van der Waals surface area contributed by atoms with Gasteiger partial charge in [0.15, 0.2) is 11.6 Å². The van der Waals surface area contributed by atoms with Crippen LogP contribution in [0.3, 0.4) is 0 Å². The number of hydrogen-bond acceptors (Lipinski definition) is 6. The standard InChI is InChI=1S/C19H19F3IN3O5/c20-13-8-11(23)1-2-14(13)25-18-12(19(30)26-31-6-5-28)7-10(16(21)17(18)22)9-24-15(29)3-4-27/h1-2,7-8,25,27-28H,3-6,9H2,(H,24,29)(H,26,30). The van der Waals surface area contributed by atoms with Gasteiger partial charge in [0.05, 0.1) is 36.8 Å². The van der Waals surface area contributed by atoms with E-state index in [-0.39, 0.29) is 24.3 Å². The number of carbonyl (C=O) groups excluding carboxylic acids is 2. The summed E-state index contributed by atoms with van der Waals surface area (Å²) in [6, 6.07) is 4.95. The van der Waals surface area contributed by atoms with Gasteiger partial charge in [-0.1, -0.05) is 0 Å². The molecule has 2 rings (SSSR count). The van der Waals surface area contributed by atoms with Crippen molar-refractivity contribution in [1.29, 1.82) is 0 Å². The fourth-order valence-corrected chi connectivity index (χ4v) is 2.89. The van der Waals surface area contributed by atoms with Crippen LogP contribution in [0.1, 0.15) is 22.3 Å². The Bertz CT molecular complexity index is 962. The first kappa shape index (κ1) is 24.8. The van der Waals surface area contributed by atoms with Crippen LogP contribution in [0.5, 0.6) is 0 Å². The van der Waals surface area contributed by atoms with Crippen molar-refractivity contribution in [1.82, 2.24) is 10.8 Å². The van der Waals surface area contributed by atoms with E-state index in [0.717, 1.165) is 12.1 Å². The van der Waals surface area contributed by atoms with Gasteiger partial charge in [-0.25, -0.2) is 18.7 Å². The van der Waals surface area contributed by atoms with Crippen LogP contribution in [0, 0.1) is 21.0 Å². The molecule has 12 heteroatoms. The van der Waals surface area contributed by atoms with E-state index >= 15 is 0 Å². The first-order valence-corrected chi connectivity index (χ1v) is 9.99. The van der Waals surface area contributed by atoms with Crippen LogP contribution in [-0.4, -0.2) is 41.8 Å². The lowest BCUT2D eigenvalue weighted by atomic mass is 10.1. The number of halogens is 4. The Kier molecular flexibility index (Phi) is 9.48. The molecule has 0 aliphatic carbocycles. The first-order chi connectivity index (χ1) is 14.8. The van der Waals surface area contributed by atoms with E-state index < -0.39 is 60.3 Å². The molecule has 5 N–H and O–H groups in total. The van der Waals surface area contributed by atoms with Gasteiger partial charge in [0.25, 0.3) is 5.91 Å². The molecule has 0 radical (unpaired) electrons. The second-order valence-electron chi connectivity index (χ2n) is 6.09. The van der Waals surface area contributed by atoms with E-state index in [1.165, 1.54) is 12.1 Å². The lowest BCUT2D eigenvalue weighted by molar-refractivity contribution is -0.121. The molecule has 2 amide bonds. The van der Waals surface area contributed by atoms with Gasteiger partial charge in [0.1, 0.15) is 5.82 Å². The van der Waals surface area contributed by atoms with Crippen molar-refractivity contribution in [3.05, 3.63) is 56.4 Å². The average molecular weight is 553 g/mol. The predicted octanol–water partition coefficient (Wildman–Crippen LogP) is 2.10. The Morgan fingerprint density at radius 3 is 2.45 bits per heavy atom. The summed E-state index contributed by atoms with van der Waals surface area (Å²) in [4.78, 5) is 28.7. The zero-order chi connectivity index (χ0) is 23.0. The van der Waals surface area contributed by atoms with Crippen molar-refractivity contribution in [2.75, 3.05) is 25.1 Å². The number of benzene rings is 2. The molecule has 0 unspecified atom stereocenters. The van der Waals surface area contributed by atoms with Crippen molar-refractivity contribution in [3.8, 4) is 0 Å². The third kappa shape index (κ3) is 6.78. The molecule has 0 atom stereocenters. The van der Waals surface area contributed by atoms with Crippen LogP contribution >= 0.6 is 22.6 Å². The van der Waals surface area contributed by atoms with E-state index in [0.29, 0.717) is 3.57 Å². The van der Waals surface area contributed by atoms with E-state index in [2.05, 4.69) is 10.6 Å². The molecule has 0 aliphatic rings. The summed E-state index contributed by atoms with van der Waals surface area (Å²) in [5, 5.41) is 22.2. The van der Waals surface area contributed by atoms with Crippen LogP contribution in [0.15, 0.2) is 24.3 Å². The van der Waals surface area contributed by atoms with E-state index in [1.807, 2.05) is 28.1 Å². The van der Waals surface area contributed by atoms with Crippen molar-refractivity contribution in [3.63, 3.8) is 0 Å². The molecule has 0 saturated heterocycles. The van der Waals surface area contributed by atoms with Gasteiger partial charge in [0.2, 0.25) is 5.91 Å². The molecular weight excluding hydrogens is 534 g/mol. The SMILES string of the molecule is O=C(CCO)NCc1cc(C(=O)NOCCO)c(Nc2ccc(I)cc2F)c(F)c1F. The van der Waals surface area contributed by atoms with Crippen molar-refractivity contribution in [2.24, 2.45) is 0 Å². The van der Waals surface area contributed by atoms with Gasteiger partial charge in [-0.15, -0.1) is 0 Å². The summed E-state index contributed by atoms with van der Waals surface area (Å²) in [6.45, 7) is -1.55. The Balaban J connectivity index is 2.44. The molecule has 0 saturated carbocycles. The Morgan fingerprint density at radius 1 is 1.06 bits per heavy atom. The van der Waals surface area contributed by atoms with Gasteiger partial charge in [-0.2, -0.15) is 0 Å². The lowest BCUT2D eigenvalue weighted by Crippen LogP contribution is -2.28. The number of carbonyl (C=O) groups is 2. The zero-order valence-electron chi connectivity index (χ0n) is 16.0. The van der Waals surface area contributed by atoms with Gasteiger partial charge in [-0.05, 0) is 46.9 Å². The fourth-order valence-electron chi connectivity index (χ4n) is 2.44. The summed E-state index contributed by atoms with van der Waals surface area (Å²) in [5.41, 5.74) is 0.333. The monoisotopic (exact) mass is 553 g/mol. The topological polar surface area (TPSA) is 120 Å². The van der Waals surface area contributed by atoms with E-state index in [1.54, 1.807) is 0 Å². The number of amides is 2. The van der Waals surface area contributed by atoms with Gasteiger partial charge >= 0.3 is 0 Å². The minimum Gasteiger partial charge on any atom is -0.396 e. The molecule has 8 nitrogen and oxygen atoms in total. The van der Waals surface area contributed by atoms with E-state index in [9.17, 15) is 22.8 Å². The molecule has 0 bridgehead atoms. The van der Waals surface area contributed by atoms with Gasteiger partial charge in [-0.3, -0.25) is 14.4 Å². The summed E-state index contributed by atoms with van der Waals surface area (Å²) in [7, 11) is 0. The highest BCUT2D eigenvalue weighted by atomic mass is 127. The van der Waals surface area contributed by atoms with Crippen molar-refractivity contribution < 1.29 is 37.8 Å². The number of nitrogens with one attached hydrogen (secondary N) is 3. The number of hydrogen-bond donors (Lipinski definition) is 5. The molecule has 0 aliphatic heterocycles. The minimum atomic E-state index is -1.47. The number of aliphatic hydroxyl groups is 2. The van der Waals surface area contributed by atoms with Crippen molar-refractivity contribution in [2.45, 2.75) is 13.0 Å². The highest BCUT2D eigenvalue weighted by Crippen LogP contribution is 2.30. The number of anilines is 2. The van der Waals surface area contributed by atoms with Gasteiger partial charge < -0.3 is 20.8 Å². The molecular formula is C19H19F3IN3O5. The van der Waals surface area contributed by atoms with Crippen LogP contribution in [0.4, 0.5) is 24.5 Å². The normalized spacial score (nSPS) is 10.6. The van der Waals surface area contributed by atoms with E-state index in [4.69, 9.17) is 15.1 Å². The maximum Gasteiger partial charge on any atom is 0.277 e. The minimum absolute atomic E-state index is 0.201. The molecule has 0 aromatic heterocycles. The Hall–Kier alpha value is -2.42. The average Bonchev–Trinajstić information content (AvgIpc) is 2.72. The third-order valence-corrected chi connectivity index (χ3v) is 4.56. The van der Waals surface area contributed by atoms with Crippen LogP contribution in [-0.2, 0) is 16.2 Å². The smallest absolute Gasteiger partial charge is 0.277 e. The number of aliphatic hydroxyl groups excluding tert-OH is 2. The molecule has 0 spiro atoms. The zero-order valence-corrected chi connectivity index (χ0v) is 18.1. The lowest BCUT2D eigenvalue weighted by Gasteiger charge is -2.17. The molecule has 0 heterocycles. The summed E-state index contributed by atoms with van der Waals surface area (Å²) >= 11 is 1.87. The highest BCUT2D eigenvalue weighted by molar-refractivity contribution is 14.1. The van der Waals surface area contributed by atoms with Crippen molar-refractivity contribution >= 4 is 45.8 Å². The highest BCUT2D eigenvalue weighted by Gasteiger charge is 2.24. The second kappa shape index (κ2) is 11.8.